The van der Waals surface area contributed by atoms with Crippen LogP contribution in [-0.2, 0) is 4.74 Å². The monoisotopic (exact) mass is 471 g/mol. The van der Waals surface area contributed by atoms with E-state index in [4.69, 9.17) is 9.47 Å². The highest BCUT2D eigenvalue weighted by atomic mass is 16.5. The van der Waals surface area contributed by atoms with Crippen LogP contribution in [-0.4, -0.2) is 63.6 Å². The van der Waals surface area contributed by atoms with E-state index in [2.05, 4.69) is 53.6 Å². The highest BCUT2D eigenvalue weighted by Crippen LogP contribution is 2.33. The summed E-state index contributed by atoms with van der Waals surface area (Å²) in [6.45, 7) is 3.23. The van der Waals surface area contributed by atoms with E-state index in [0.29, 0.717) is 6.04 Å². The Bertz CT molecular complexity index is 1250. The fraction of sp³-hybridized carbons (Fsp3) is 0.385. The van der Waals surface area contributed by atoms with Gasteiger partial charge in [-0.1, -0.05) is 0 Å². The number of aromatic nitrogens is 5. The third kappa shape index (κ3) is 4.90. The Morgan fingerprint density at radius 3 is 2.57 bits per heavy atom. The van der Waals surface area contributed by atoms with Crippen LogP contribution < -0.4 is 15.0 Å². The molecule has 6 rings (SSSR count). The van der Waals surface area contributed by atoms with Gasteiger partial charge in [-0.05, 0) is 49.9 Å². The van der Waals surface area contributed by atoms with Gasteiger partial charge in [0, 0.05) is 61.2 Å². The minimum atomic E-state index is 0.161. The average molecular weight is 472 g/mol. The molecule has 0 atom stereocenters. The summed E-state index contributed by atoms with van der Waals surface area (Å²) in [5.41, 5.74) is 4.81. The molecule has 9 heteroatoms. The van der Waals surface area contributed by atoms with Crippen molar-refractivity contribution >= 4 is 22.5 Å². The van der Waals surface area contributed by atoms with Crippen LogP contribution in [0.15, 0.2) is 55.1 Å². The van der Waals surface area contributed by atoms with Crippen LogP contribution in [0.5, 0.6) is 5.75 Å². The normalized spacial score (nSPS) is 20.6. The molecule has 0 bridgehead atoms. The molecule has 0 amide bonds. The van der Waals surface area contributed by atoms with Crippen molar-refractivity contribution in [2.24, 2.45) is 0 Å². The molecule has 1 aliphatic heterocycles. The molecule has 4 aromatic rings. The number of pyridine rings is 1. The maximum absolute atomic E-state index is 6.54. The molecule has 1 aromatic carbocycles. The van der Waals surface area contributed by atoms with Crippen molar-refractivity contribution < 1.29 is 9.47 Å². The smallest absolute Gasteiger partial charge is 0.149 e. The first-order chi connectivity index (χ1) is 17.3. The van der Waals surface area contributed by atoms with Crippen LogP contribution in [0, 0.1) is 0 Å². The minimum absolute atomic E-state index is 0.161. The fourth-order valence-corrected chi connectivity index (χ4v) is 4.89. The lowest BCUT2D eigenvalue weighted by atomic mass is 9.93. The molecule has 1 aliphatic carbocycles. The van der Waals surface area contributed by atoms with Gasteiger partial charge in [-0.2, -0.15) is 5.10 Å². The van der Waals surface area contributed by atoms with E-state index in [1.165, 1.54) is 0 Å². The summed E-state index contributed by atoms with van der Waals surface area (Å²) in [6.07, 6.45) is 11.3. The Kier molecular flexibility index (Phi) is 6.15. The number of hydrogen-bond donors (Lipinski definition) is 2. The molecular formula is C26H29N7O2. The van der Waals surface area contributed by atoms with Crippen molar-refractivity contribution in [1.82, 2.24) is 25.1 Å². The lowest BCUT2D eigenvalue weighted by Gasteiger charge is -2.31. The second kappa shape index (κ2) is 9.87. The number of anilines is 2. The Morgan fingerprint density at radius 1 is 0.943 bits per heavy atom. The average Bonchev–Trinajstić information content (AvgIpc) is 3.46. The zero-order valence-electron chi connectivity index (χ0n) is 19.6. The number of nitrogens with zero attached hydrogens (tertiary/aromatic N) is 5. The van der Waals surface area contributed by atoms with E-state index in [0.717, 1.165) is 91.5 Å². The predicted molar refractivity (Wildman–Crippen MR) is 135 cm³/mol. The number of nitrogens with one attached hydrogen (secondary N) is 2. The molecule has 9 nitrogen and oxygen atoms in total. The third-order valence-corrected chi connectivity index (χ3v) is 6.79. The molecule has 180 valence electrons. The number of hydrogen-bond acceptors (Lipinski definition) is 8. The summed E-state index contributed by atoms with van der Waals surface area (Å²) in [5.74, 6) is 1.72. The van der Waals surface area contributed by atoms with Crippen LogP contribution in [0.25, 0.3) is 22.3 Å². The van der Waals surface area contributed by atoms with Crippen LogP contribution >= 0.6 is 0 Å². The molecule has 0 spiro atoms. The molecule has 0 radical (unpaired) electrons. The van der Waals surface area contributed by atoms with Crippen molar-refractivity contribution in [2.45, 2.75) is 37.8 Å². The minimum Gasteiger partial charge on any atom is -0.488 e. The van der Waals surface area contributed by atoms with Crippen molar-refractivity contribution in [2.75, 3.05) is 36.5 Å². The molecule has 1 saturated heterocycles. The van der Waals surface area contributed by atoms with Gasteiger partial charge in [0.1, 0.15) is 17.1 Å². The van der Waals surface area contributed by atoms with E-state index in [1.807, 2.05) is 18.3 Å². The topological polar surface area (TPSA) is 101 Å². The Morgan fingerprint density at radius 2 is 1.80 bits per heavy atom. The molecular weight excluding hydrogens is 442 g/mol. The van der Waals surface area contributed by atoms with Gasteiger partial charge in [0.25, 0.3) is 0 Å². The van der Waals surface area contributed by atoms with Crippen molar-refractivity contribution in [1.29, 1.82) is 0 Å². The summed E-state index contributed by atoms with van der Waals surface area (Å²) in [4.78, 5) is 16.0. The van der Waals surface area contributed by atoms with Crippen LogP contribution in [0.3, 0.4) is 0 Å². The second-order valence-corrected chi connectivity index (χ2v) is 9.11. The van der Waals surface area contributed by atoms with E-state index in [1.54, 1.807) is 18.6 Å². The van der Waals surface area contributed by atoms with Gasteiger partial charge in [-0.15, -0.1) is 0 Å². The van der Waals surface area contributed by atoms with Crippen LogP contribution in [0.4, 0.5) is 11.5 Å². The van der Waals surface area contributed by atoms with Crippen molar-refractivity contribution in [3.63, 3.8) is 0 Å². The molecule has 35 heavy (non-hydrogen) atoms. The number of morpholine rings is 1. The summed E-state index contributed by atoms with van der Waals surface area (Å²) in [7, 11) is 0. The summed E-state index contributed by atoms with van der Waals surface area (Å²) in [5, 5.41) is 10.6. The second-order valence-electron chi connectivity index (χ2n) is 9.11. The zero-order valence-corrected chi connectivity index (χ0v) is 19.6. The van der Waals surface area contributed by atoms with Gasteiger partial charge in [-0.25, -0.2) is 9.97 Å². The zero-order chi connectivity index (χ0) is 23.5. The van der Waals surface area contributed by atoms with Gasteiger partial charge < -0.3 is 19.7 Å². The van der Waals surface area contributed by atoms with E-state index < -0.39 is 0 Å². The molecule has 2 fully saturated rings. The van der Waals surface area contributed by atoms with Gasteiger partial charge >= 0.3 is 0 Å². The van der Waals surface area contributed by atoms with Crippen LogP contribution in [0.2, 0.25) is 0 Å². The summed E-state index contributed by atoms with van der Waals surface area (Å²) >= 11 is 0. The number of ether oxygens (including phenoxy) is 2. The number of benzene rings is 1. The summed E-state index contributed by atoms with van der Waals surface area (Å²) in [6, 6.07) is 10.6. The lowest BCUT2D eigenvalue weighted by Crippen LogP contribution is -2.36. The van der Waals surface area contributed by atoms with Gasteiger partial charge in [0.05, 0.1) is 30.5 Å². The molecule has 2 N–H and O–H groups in total. The maximum atomic E-state index is 6.54. The number of aromatic amines is 1. The molecule has 4 heterocycles. The van der Waals surface area contributed by atoms with Crippen molar-refractivity contribution in [3.8, 4) is 17.0 Å². The van der Waals surface area contributed by atoms with Crippen molar-refractivity contribution in [3.05, 3.63) is 55.1 Å². The predicted octanol–water partition coefficient (Wildman–Crippen LogP) is 4.05. The first-order valence-electron chi connectivity index (χ1n) is 12.3. The molecule has 0 unspecified atom stereocenters. The Hall–Kier alpha value is -3.72. The largest absolute Gasteiger partial charge is 0.488 e. The molecule has 3 aromatic heterocycles. The number of fused-ring (bicyclic) bond motifs is 1. The Balaban J connectivity index is 1.10. The lowest BCUT2D eigenvalue weighted by molar-refractivity contribution is 0.122. The highest BCUT2D eigenvalue weighted by Gasteiger charge is 2.24. The quantitative estimate of drug-likeness (QED) is 0.434. The number of rotatable bonds is 6. The fourth-order valence-electron chi connectivity index (χ4n) is 4.89. The van der Waals surface area contributed by atoms with E-state index in [9.17, 15) is 0 Å². The summed E-state index contributed by atoms with van der Waals surface area (Å²) < 4.78 is 12.1. The highest BCUT2D eigenvalue weighted by molar-refractivity contribution is 5.85. The molecule has 1 saturated carbocycles. The third-order valence-electron chi connectivity index (χ3n) is 6.79. The molecule has 2 aliphatic rings. The van der Waals surface area contributed by atoms with E-state index >= 15 is 0 Å². The maximum Gasteiger partial charge on any atom is 0.149 e. The SMILES string of the molecule is c1cc(-c2ccc(N[C@H]3CC[C@@H](Oc4cc(N5CCOCC5)cc5nccnc45)CC3)nc2)[nH]n1. The standard InChI is InChI=1S/C26H29N7O2/c1-6-25(29-17-18(1)22-7-8-30-32-22)31-19-2-4-21(5-3-19)35-24-16-20(33-11-13-34-14-12-33)15-23-26(24)28-10-9-27-23/h1,6-10,15-17,19,21H,2-5,11-14H2,(H,29,31)(H,30,32)/t19-,21+. The first-order valence-corrected chi connectivity index (χ1v) is 12.3. The van der Waals surface area contributed by atoms with Crippen LogP contribution in [0.1, 0.15) is 25.7 Å². The van der Waals surface area contributed by atoms with Gasteiger partial charge in [-0.3, -0.25) is 10.1 Å². The van der Waals surface area contributed by atoms with Gasteiger partial charge in [0.2, 0.25) is 0 Å². The van der Waals surface area contributed by atoms with Gasteiger partial charge in [0.15, 0.2) is 0 Å². The number of H-pyrrole nitrogens is 1. The Labute approximate surface area is 203 Å². The first kappa shape index (κ1) is 21.8. The van der Waals surface area contributed by atoms with E-state index in [-0.39, 0.29) is 6.10 Å².